The van der Waals surface area contributed by atoms with Gasteiger partial charge in [0.1, 0.15) is 5.82 Å². The fourth-order valence-electron chi connectivity index (χ4n) is 1.29. The van der Waals surface area contributed by atoms with Gasteiger partial charge in [-0.15, -0.1) is 0 Å². The van der Waals surface area contributed by atoms with E-state index in [0.717, 1.165) is 37.7 Å². The summed E-state index contributed by atoms with van der Waals surface area (Å²) in [6.07, 6.45) is 4.11. The number of pyridine rings is 1. The highest BCUT2D eigenvalue weighted by molar-refractivity contribution is 5.51. The minimum atomic E-state index is 0.747. The molecule has 1 aromatic rings. The molecule has 1 aromatic heterocycles. The Labute approximate surface area is 97.4 Å². The summed E-state index contributed by atoms with van der Waals surface area (Å²) >= 11 is 0. The lowest BCUT2D eigenvalue weighted by atomic mass is 10.3. The van der Waals surface area contributed by atoms with Gasteiger partial charge in [-0.05, 0) is 12.5 Å². The highest BCUT2D eigenvalue weighted by atomic mass is 16.5. The average molecular weight is 223 g/mol. The fourth-order valence-corrected chi connectivity index (χ4v) is 1.29. The molecule has 2 N–H and O–H groups in total. The van der Waals surface area contributed by atoms with Gasteiger partial charge in [-0.25, -0.2) is 4.98 Å². The first kappa shape index (κ1) is 12.8. The highest BCUT2D eigenvalue weighted by Crippen LogP contribution is 2.10. The van der Waals surface area contributed by atoms with Crippen LogP contribution in [0.1, 0.15) is 19.8 Å². The molecule has 0 spiro atoms. The maximum Gasteiger partial charge on any atom is 0.127 e. The molecule has 1 heterocycles. The number of hydrogen-bond acceptors (Lipinski definition) is 4. The van der Waals surface area contributed by atoms with Gasteiger partial charge in [0.15, 0.2) is 0 Å². The van der Waals surface area contributed by atoms with Crippen molar-refractivity contribution < 1.29 is 4.74 Å². The molecule has 90 valence electrons. The lowest BCUT2D eigenvalue weighted by Gasteiger charge is -2.08. The molecule has 0 unspecified atom stereocenters. The first-order valence-corrected chi connectivity index (χ1v) is 5.82. The van der Waals surface area contributed by atoms with Gasteiger partial charge >= 0.3 is 0 Å². The summed E-state index contributed by atoms with van der Waals surface area (Å²) in [7, 11) is 1.86. The molecule has 0 amide bonds. The van der Waals surface area contributed by atoms with E-state index in [0.29, 0.717) is 0 Å². The van der Waals surface area contributed by atoms with Crippen molar-refractivity contribution in [1.29, 1.82) is 0 Å². The zero-order chi connectivity index (χ0) is 11.6. The standard InChI is InChI=1S/C12H21N3O/c1-3-4-8-16-9-7-14-11-5-6-15-12(10-11)13-2/h5-6,10H,3-4,7-9H2,1-2H3,(H2,13,14,15). The lowest BCUT2D eigenvalue weighted by Crippen LogP contribution is -2.10. The Hall–Kier alpha value is -1.29. The average Bonchev–Trinajstić information content (AvgIpc) is 2.34. The van der Waals surface area contributed by atoms with Crippen molar-refractivity contribution in [1.82, 2.24) is 4.98 Å². The summed E-state index contributed by atoms with van der Waals surface area (Å²) in [5.41, 5.74) is 1.07. The molecule has 0 atom stereocenters. The number of unbranched alkanes of at least 4 members (excludes halogenated alkanes) is 1. The second-order valence-electron chi connectivity index (χ2n) is 3.57. The smallest absolute Gasteiger partial charge is 0.127 e. The van der Waals surface area contributed by atoms with Gasteiger partial charge < -0.3 is 15.4 Å². The van der Waals surface area contributed by atoms with Crippen LogP contribution >= 0.6 is 0 Å². The minimum Gasteiger partial charge on any atom is -0.383 e. The molecular formula is C12H21N3O. The molecule has 0 aromatic carbocycles. The topological polar surface area (TPSA) is 46.2 Å². The Morgan fingerprint density at radius 3 is 3.00 bits per heavy atom. The molecular weight excluding hydrogens is 202 g/mol. The molecule has 0 saturated heterocycles. The van der Waals surface area contributed by atoms with Crippen LogP contribution in [0.3, 0.4) is 0 Å². The van der Waals surface area contributed by atoms with Crippen LogP contribution in [0, 0.1) is 0 Å². The molecule has 0 bridgehead atoms. The van der Waals surface area contributed by atoms with E-state index < -0.39 is 0 Å². The third-order valence-electron chi connectivity index (χ3n) is 2.23. The number of ether oxygens (including phenoxy) is 1. The van der Waals surface area contributed by atoms with Gasteiger partial charge in [-0.2, -0.15) is 0 Å². The predicted octanol–water partition coefficient (Wildman–Crippen LogP) is 2.35. The van der Waals surface area contributed by atoms with E-state index in [4.69, 9.17) is 4.74 Å². The third-order valence-corrected chi connectivity index (χ3v) is 2.23. The molecule has 0 saturated carbocycles. The summed E-state index contributed by atoms with van der Waals surface area (Å²) in [4.78, 5) is 4.14. The van der Waals surface area contributed by atoms with Crippen LogP contribution in [0.25, 0.3) is 0 Å². The monoisotopic (exact) mass is 223 g/mol. The van der Waals surface area contributed by atoms with E-state index in [1.807, 2.05) is 19.2 Å². The van der Waals surface area contributed by atoms with Crippen molar-refractivity contribution in [2.24, 2.45) is 0 Å². The predicted molar refractivity (Wildman–Crippen MR) is 68.0 cm³/mol. The van der Waals surface area contributed by atoms with Crippen LogP contribution in [0.5, 0.6) is 0 Å². The van der Waals surface area contributed by atoms with Crippen molar-refractivity contribution in [3.05, 3.63) is 18.3 Å². The van der Waals surface area contributed by atoms with Gasteiger partial charge in [0, 0.05) is 38.1 Å². The number of aromatic nitrogens is 1. The molecule has 0 aliphatic carbocycles. The van der Waals surface area contributed by atoms with E-state index in [-0.39, 0.29) is 0 Å². The Morgan fingerprint density at radius 2 is 2.25 bits per heavy atom. The van der Waals surface area contributed by atoms with Crippen LogP contribution in [-0.2, 0) is 4.74 Å². The Kier molecular flexibility index (Phi) is 6.33. The zero-order valence-electron chi connectivity index (χ0n) is 10.1. The summed E-state index contributed by atoms with van der Waals surface area (Å²) in [6.45, 7) is 4.60. The third kappa shape index (κ3) is 4.98. The van der Waals surface area contributed by atoms with Crippen LogP contribution in [0.4, 0.5) is 11.5 Å². The zero-order valence-corrected chi connectivity index (χ0v) is 10.1. The highest BCUT2D eigenvalue weighted by Gasteiger charge is 1.94. The Bertz CT molecular complexity index is 291. The fraction of sp³-hybridized carbons (Fsp3) is 0.583. The summed E-state index contributed by atoms with van der Waals surface area (Å²) in [5.74, 6) is 0.872. The van der Waals surface area contributed by atoms with Crippen LogP contribution in [0.2, 0.25) is 0 Å². The van der Waals surface area contributed by atoms with Gasteiger partial charge in [0.05, 0.1) is 6.61 Å². The van der Waals surface area contributed by atoms with Crippen molar-refractivity contribution in [3.8, 4) is 0 Å². The molecule has 4 heteroatoms. The number of rotatable bonds is 8. The van der Waals surface area contributed by atoms with Gasteiger partial charge in [0.2, 0.25) is 0 Å². The number of nitrogens with zero attached hydrogens (tertiary/aromatic N) is 1. The molecule has 0 aliphatic heterocycles. The molecule has 1 rings (SSSR count). The first-order chi connectivity index (χ1) is 7.86. The van der Waals surface area contributed by atoms with Gasteiger partial charge in [0.25, 0.3) is 0 Å². The van der Waals surface area contributed by atoms with Crippen LogP contribution in [-0.4, -0.2) is 31.8 Å². The van der Waals surface area contributed by atoms with Crippen molar-refractivity contribution >= 4 is 11.5 Å². The minimum absolute atomic E-state index is 0.747. The van der Waals surface area contributed by atoms with Crippen LogP contribution in [0.15, 0.2) is 18.3 Å². The van der Waals surface area contributed by atoms with Gasteiger partial charge in [-0.3, -0.25) is 0 Å². The van der Waals surface area contributed by atoms with E-state index in [9.17, 15) is 0 Å². The van der Waals surface area contributed by atoms with E-state index >= 15 is 0 Å². The largest absolute Gasteiger partial charge is 0.383 e. The van der Waals surface area contributed by atoms with E-state index in [1.165, 1.54) is 6.42 Å². The van der Waals surface area contributed by atoms with Gasteiger partial charge in [-0.1, -0.05) is 13.3 Å². The van der Waals surface area contributed by atoms with Crippen molar-refractivity contribution in [2.75, 3.05) is 37.4 Å². The number of nitrogens with one attached hydrogen (secondary N) is 2. The Balaban J connectivity index is 2.16. The van der Waals surface area contributed by atoms with Crippen molar-refractivity contribution in [3.63, 3.8) is 0 Å². The molecule has 4 nitrogen and oxygen atoms in total. The van der Waals surface area contributed by atoms with E-state index in [1.54, 1.807) is 6.20 Å². The summed E-state index contributed by atoms with van der Waals surface area (Å²) in [6, 6.07) is 3.93. The molecule has 16 heavy (non-hydrogen) atoms. The van der Waals surface area contributed by atoms with Crippen molar-refractivity contribution in [2.45, 2.75) is 19.8 Å². The second-order valence-corrected chi connectivity index (χ2v) is 3.57. The molecule has 0 radical (unpaired) electrons. The summed E-state index contributed by atoms with van der Waals surface area (Å²) in [5, 5.41) is 6.29. The first-order valence-electron chi connectivity index (χ1n) is 5.82. The maximum absolute atomic E-state index is 5.46. The molecule has 0 aliphatic rings. The number of anilines is 2. The number of hydrogen-bond donors (Lipinski definition) is 2. The maximum atomic E-state index is 5.46. The van der Waals surface area contributed by atoms with Crippen LogP contribution < -0.4 is 10.6 Å². The summed E-state index contributed by atoms with van der Waals surface area (Å²) < 4.78 is 5.46. The molecule has 0 fully saturated rings. The Morgan fingerprint density at radius 1 is 1.38 bits per heavy atom. The van der Waals surface area contributed by atoms with E-state index in [2.05, 4.69) is 22.5 Å². The lowest BCUT2D eigenvalue weighted by molar-refractivity contribution is 0.141. The SMILES string of the molecule is CCCCOCCNc1ccnc(NC)c1. The second kappa shape index (κ2) is 7.93. The quantitative estimate of drug-likeness (QED) is 0.664. The normalized spacial score (nSPS) is 10.1.